The van der Waals surface area contributed by atoms with Gasteiger partial charge in [0.15, 0.2) is 0 Å². The Bertz CT molecular complexity index is 772. The fourth-order valence-corrected chi connectivity index (χ4v) is 3.06. The van der Waals surface area contributed by atoms with Gasteiger partial charge in [-0.3, -0.25) is 0 Å². The van der Waals surface area contributed by atoms with Crippen LogP contribution in [0.4, 0.5) is 0 Å². The average Bonchev–Trinajstić information content (AvgIpc) is 2.55. The topological polar surface area (TPSA) is 61.8 Å². The van der Waals surface area contributed by atoms with Crippen molar-refractivity contribution in [2.75, 3.05) is 20.3 Å². The predicted octanol–water partition coefficient (Wildman–Crippen LogP) is 3.78. The second kappa shape index (κ2) is 7.89. The predicted molar refractivity (Wildman–Crippen MR) is 96.8 cm³/mol. The highest BCUT2D eigenvalue weighted by atomic mass is 32.2. The van der Waals surface area contributed by atoms with Gasteiger partial charge in [0.1, 0.15) is 23.0 Å². The van der Waals surface area contributed by atoms with Gasteiger partial charge in [-0.25, -0.2) is 0 Å². The third kappa shape index (κ3) is 5.47. The first-order valence-electron chi connectivity index (χ1n) is 7.99. The molecule has 0 heterocycles. The van der Waals surface area contributed by atoms with Crippen molar-refractivity contribution in [2.24, 2.45) is 0 Å². The summed E-state index contributed by atoms with van der Waals surface area (Å²) >= 11 is 0. The van der Waals surface area contributed by atoms with Crippen LogP contribution in [0.2, 0.25) is 0 Å². The number of hydrogen-bond acceptors (Lipinski definition) is 5. The Hall–Kier alpha value is -2.05. The van der Waals surface area contributed by atoms with Crippen LogP contribution in [0.1, 0.15) is 26.3 Å². The molecule has 5 nitrogen and oxygen atoms in total. The second-order valence-electron chi connectivity index (χ2n) is 6.62. The molecule has 6 heteroatoms. The molecular formula is C19H24O5S. The number of methoxy groups -OCH3 is 1. The van der Waals surface area contributed by atoms with Gasteiger partial charge in [-0.2, -0.15) is 8.42 Å². The Kier molecular flexibility index (Phi) is 6.08. The Morgan fingerprint density at radius 1 is 0.840 bits per heavy atom. The number of ether oxygens (including phenoxy) is 2. The maximum Gasteiger partial charge on any atom is 0.339 e. The molecule has 0 saturated carbocycles. The fourth-order valence-electron chi connectivity index (χ4n) is 2.13. The summed E-state index contributed by atoms with van der Waals surface area (Å²) in [6, 6.07) is 13.2. The van der Waals surface area contributed by atoms with E-state index >= 15 is 0 Å². The van der Waals surface area contributed by atoms with Crippen molar-refractivity contribution in [2.45, 2.75) is 31.1 Å². The number of hydrogen-bond donors (Lipinski definition) is 0. The molecule has 2 aromatic rings. The highest BCUT2D eigenvalue weighted by Crippen LogP contribution is 2.26. The van der Waals surface area contributed by atoms with E-state index in [2.05, 4.69) is 20.8 Å². The van der Waals surface area contributed by atoms with Crippen LogP contribution in [-0.2, 0) is 20.3 Å². The molecule has 0 N–H and O–H groups in total. The summed E-state index contributed by atoms with van der Waals surface area (Å²) in [5.74, 6) is 0.860. The van der Waals surface area contributed by atoms with Crippen LogP contribution in [0.25, 0.3) is 0 Å². The molecule has 0 atom stereocenters. The molecule has 0 fully saturated rings. The lowest BCUT2D eigenvalue weighted by molar-refractivity contribution is 0.146. The zero-order valence-electron chi connectivity index (χ0n) is 15.0. The smallest absolute Gasteiger partial charge is 0.339 e. The summed E-state index contributed by atoms with van der Waals surface area (Å²) in [5, 5.41) is 0. The van der Waals surface area contributed by atoms with E-state index in [0.29, 0.717) is 19.0 Å². The Labute approximate surface area is 149 Å². The van der Waals surface area contributed by atoms with E-state index in [-0.39, 0.29) is 16.1 Å². The summed E-state index contributed by atoms with van der Waals surface area (Å²) in [4.78, 5) is 0.0755. The van der Waals surface area contributed by atoms with E-state index in [1.165, 1.54) is 12.1 Å². The van der Waals surface area contributed by atoms with E-state index in [1.807, 2.05) is 12.1 Å². The van der Waals surface area contributed by atoms with E-state index in [4.69, 9.17) is 13.7 Å². The summed E-state index contributed by atoms with van der Waals surface area (Å²) in [6.45, 7) is 7.15. The van der Waals surface area contributed by atoms with Gasteiger partial charge in [0, 0.05) is 7.11 Å². The van der Waals surface area contributed by atoms with E-state index < -0.39 is 10.1 Å². The summed E-state index contributed by atoms with van der Waals surface area (Å²) in [5.41, 5.74) is 1.10. The maximum atomic E-state index is 12.4. The van der Waals surface area contributed by atoms with Crippen LogP contribution in [0, 0.1) is 0 Å². The zero-order valence-corrected chi connectivity index (χ0v) is 15.8. The molecule has 0 aliphatic rings. The van der Waals surface area contributed by atoms with Crippen LogP contribution < -0.4 is 8.92 Å². The van der Waals surface area contributed by atoms with Gasteiger partial charge >= 0.3 is 10.1 Å². The van der Waals surface area contributed by atoms with Crippen molar-refractivity contribution in [3.63, 3.8) is 0 Å². The van der Waals surface area contributed by atoms with Crippen LogP contribution in [0.15, 0.2) is 53.4 Å². The second-order valence-corrected chi connectivity index (χ2v) is 8.17. The highest BCUT2D eigenvalue weighted by molar-refractivity contribution is 7.87. The Morgan fingerprint density at radius 3 is 1.92 bits per heavy atom. The molecule has 136 valence electrons. The molecule has 0 saturated heterocycles. The van der Waals surface area contributed by atoms with Gasteiger partial charge in [0.05, 0.1) is 6.61 Å². The monoisotopic (exact) mass is 364 g/mol. The van der Waals surface area contributed by atoms with Crippen LogP contribution in [-0.4, -0.2) is 28.7 Å². The quantitative estimate of drug-likeness (QED) is 0.553. The first kappa shape index (κ1) is 19.3. The first-order chi connectivity index (χ1) is 11.7. The van der Waals surface area contributed by atoms with Gasteiger partial charge in [0.2, 0.25) is 0 Å². The van der Waals surface area contributed by atoms with Crippen LogP contribution in [0.3, 0.4) is 0 Å². The van der Waals surface area contributed by atoms with Gasteiger partial charge in [0.25, 0.3) is 0 Å². The molecule has 0 amide bonds. The first-order valence-corrected chi connectivity index (χ1v) is 9.40. The molecular weight excluding hydrogens is 340 g/mol. The van der Waals surface area contributed by atoms with Crippen molar-refractivity contribution in [1.29, 1.82) is 0 Å². The van der Waals surface area contributed by atoms with E-state index in [9.17, 15) is 8.42 Å². The average molecular weight is 364 g/mol. The van der Waals surface area contributed by atoms with E-state index in [0.717, 1.165) is 5.56 Å². The lowest BCUT2D eigenvalue weighted by atomic mass is 9.87. The van der Waals surface area contributed by atoms with Crippen LogP contribution >= 0.6 is 0 Å². The van der Waals surface area contributed by atoms with Gasteiger partial charge in [-0.1, -0.05) is 32.9 Å². The molecule has 2 aromatic carbocycles. The van der Waals surface area contributed by atoms with Crippen molar-refractivity contribution >= 4 is 10.1 Å². The minimum atomic E-state index is -3.88. The van der Waals surface area contributed by atoms with Crippen LogP contribution in [0.5, 0.6) is 11.5 Å². The molecule has 0 radical (unpaired) electrons. The Morgan fingerprint density at radius 2 is 1.40 bits per heavy atom. The molecule has 0 unspecified atom stereocenters. The fraction of sp³-hybridized carbons (Fsp3) is 0.368. The molecule has 0 spiro atoms. The zero-order chi connectivity index (χ0) is 18.5. The number of benzene rings is 2. The van der Waals surface area contributed by atoms with Gasteiger partial charge in [-0.05, 0) is 47.4 Å². The minimum absolute atomic E-state index is 0.00392. The standard InChI is InChI=1S/C19H24O5S/c1-19(2,3)15-5-7-17(8-6-15)24-25(20,21)18-11-9-16(10-12-18)23-14-13-22-4/h5-12H,13-14H2,1-4H3. The SMILES string of the molecule is COCCOc1ccc(S(=O)(=O)Oc2ccc(C(C)(C)C)cc2)cc1. The van der Waals surface area contributed by atoms with Gasteiger partial charge < -0.3 is 13.7 Å². The summed E-state index contributed by atoms with van der Waals surface area (Å²) < 4.78 is 40.3. The highest BCUT2D eigenvalue weighted by Gasteiger charge is 2.18. The normalized spacial score (nSPS) is 12.0. The minimum Gasteiger partial charge on any atom is -0.491 e. The molecule has 2 rings (SSSR count). The van der Waals surface area contributed by atoms with Gasteiger partial charge in [-0.15, -0.1) is 0 Å². The third-order valence-corrected chi connectivity index (χ3v) is 4.86. The Balaban J connectivity index is 2.08. The summed E-state index contributed by atoms with van der Waals surface area (Å²) in [6.07, 6.45) is 0. The molecule has 0 aliphatic carbocycles. The summed E-state index contributed by atoms with van der Waals surface area (Å²) in [7, 11) is -2.30. The lowest BCUT2D eigenvalue weighted by Gasteiger charge is -2.19. The maximum absolute atomic E-state index is 12.4. The largest absolute Gasteiger partial charge is 0.491 e. The van der Waals surface area contributed by atoms with Crippen molar-refractivity contribution in [1.82, 2.24) is 0 Å². The molecule has 0 aliphatic heterocycles. The van der Waals surface area contributed by atoms with Crippen molar-refractivity contribution in [3.8, 4) is 11.5 Å². The third-order valence-electron chi connectivity index (χ3n) is 3.59. The number of rotatable bonds is 7. The van der Waals surface area contributed by atoms with Crippen molar-refractivity contribution < 1.29 is 22.1 Å². The molecule has 0 bridgehead atoms. The van der Waals surface area contributed by atoms with Crippen molar-refractivity contribution in [3.05, 3.63) is 54.1 Å². The lowest BCUT2D eigenvalue weighted by Crippen LogP contribution is -2.12. The van der Waals surface area contributed by atoms with E-state index in [1.54, 1.807) is 31.4 Å². The molecule has 25 heavy (non-hydrogen) atoms. The molecule has 0 aromatic heterocycles.